The number of hydrogen-bond donors (Lipinski definition) is 0. The molecule has 0 aromatic carbocycles. The number of nitrogens with zero attached hydrogens (tertiary/aromatic N) is 2. The molecule has 0 amide bonds. The number of morpholine rings is 1. The van der Waals surface area contributed by atoms with Gasteiger partial charge in [0.1, 0.15) is 12.4 Å². The lowest BCUT2D eigenvalue weighted by Gasteiger charge is -2.35. The van der Waals surface area contributed by atoms with Gasteiger partial charge in [-0.2, -0.15) is 0 Å². The van der Waals surface area contributed by atoms with E-state index in [9.17, 15) is 10.1 Å². The van der Waals surface area contributed by atoms with E-state index in [4.69, 9.17) is 4.74 Å². The molecule has 0 bridgehead atoms. The maximum Gasteiger partial charge on any atom is 0.268 e. The molecule has 76 valence electrons. The molecule has 0 aromatic heterocycles. The quantitative estimate of drug-likeness (QED) is 0.459. The minimum Gasteiger partial charge on any atom is -0.495 e. The largest absolute Gasteiger partial charge is 0.495 e. The van der Waals surface area contributed by atoms with Crippen LogP contribution in [0.3, 0.4) is 0 Å². The summed E-state index contributed by atoms with van der Waals surface area (Å²) in [5, 5.41) is 10.5. The highest BCUT2D eigenvalue weighted by atomic mass is 16.6. The van der Waals surface area contributed by atoms with Gasteiger partial charge in [0.05, 0.1) is 17.0 Å². The number of nitro groups is 1. The molecule has 2 aliphatic rings. The second-order valence-electron chi connectivity index (χ2n) is 3.51. The molecule has 1 saturated heterocycles. The summed E-state index contributed by atoms with van der Waals surface area (Å²) in [5.41, 5.74) is 0.145. The molecule has 1 fully saturated rings. The van der Waals surface area contributed by atoms with Crippen molar-refractivity contribution in [3.05, 3.63) is 33.7 Å². The van der Waals surface area contributed by atoms with Gasteiger partial charge >= 0.3 is 0 Å². The van der Waals surface area contributed by atoms with E-state index < -0.39 is 0 Å². The summed E-state index contributed by atoms with van der Waals surface area (Å²) in [6.45, 7) is 1.49. The third kappa shape index (κ3) is 1.50. The summed E-state index contributed by atoms with van der Waals surface area (Å²) < 4.78 is 5.41. The van der Waals surface area contributed by atoms with Crippen molar-refractivity contribution in [3.63, 3.8) is 0 Å². The van der Waals surface area contributed by atoms with E-state index in [1.54, 1.807) is 6.08 Å². The molecular weight excluding hydrogens is 184 g/mol. The Balaban J connectivity index is 2.21. The Morgan fingerprint density at radius 1 is 1.71 bits per heavy atom. The van der Waals surface area contributed by atoms with Gasteiger partial charge in [-0.1, -0.05) is 0 Å². The Kier molecular flexibility index (Phi) is 2.25. The molecule has 1 atom stereocenters. The SMILES string of the molecule is CN1CCOC2=CC([N+](=O)[O-])=CCC21. The standard InChI is InChI=1S/C9H12N2O3/c1-10-4-5-14-9-6-7(11(12)13)2-3-8(9)10/h2,6,8H,3-5H2,1H3. The van der Waals surface area contributed by atoms with Gasteiger partial charge in [-0.3, -0.25) is 15.0 Å². The maximum absolute atomic E-state index is 10.5. The van der Waals surface area contributed by atoms with Crippen LogP contribution in [0.15, 0.2) is 23.6 Å². The van der Waals surface area contributed by atoms with E-state index >= 15 is 0 Å². The molecule has 2 rings (SSSR count). The zero-order valence-electron chi connectivity index (χ0n) is 7.97. The third-order valence-corrected chi connectivity index (χ3v) is 2.62. The topological polar surface area (TPSA) is 55.6 Å². The second kappa shape index (κ2) is 3.42. The molecule has 1 unspecified atom stereocenters. The van der Waals surface area contributed by atoms with E-state index in [0.29, 0.717) is 13.0 Å². The van der Waals surface area contributed by atoms with E-state index in [2.05, 4.69) is 4.90 Å². The Labute approximate surface area is 81.8 Å². The molecular formula is C9H12N2O3. The number of likely N-dealkylation sites (N-methyl/N-ethyl adjacent to an activating group) is 1. The Morgan fingerprint density at radius 2 is 2.50 bits per heavy atom. The van der Waals surface area contributed by atoms with Gasteiger partial charge in [0.25, 0.3) is 5.70 Å². The fourth-order valence-corrected chi connectivity index (χ4v) is 1.77. The molecule has 14 heavy (non-hydrogen) atoms. The normalized spacial score (nSPS) is 27.1. The molecule has 1 aliphatic carbocycles. The first-order chi connectivity index (χ1) is 6.68. The van der Waals surface area contributed by atoms with Crippen LogP contribution in [0.1, 0.15) is 6.42 Å². The Morgan fingerprint density at radius 3 is 3.21 bits per heavy atom. The zero-order valence-corrected chi connectivity index (χ0v) is 7.97. The monoisotopic (exact) mass is 196 g/mol. The van der Waals surface area contributed by atoms with Crippen LogP contribution in [0.4, 0.5) is 0 Å². The fourth-order valence-electron chi connectivity index (χ4n) is 1.77. The lowest BCUT2D eigenvalue weighted by molar-refractivity contribution is -0.419. The minimum absolute atomic E-state index is 0.145. The lowest BCUT2D eigenvalue weighted by Crippen LogP contribution is -2.42. The van der Waals surface area contributed by atoms with Crippen LogP contribution in [0.5, 0.6) is 0 Å². The highest BCUT2D eigenvalue weighted by molar-refractivity contribution is 5.25. The Bertz CT molecular complexity index is 322. The Hall–Kier alpha value is -1.36. The van der Waals surface area contributed by atoms with Crippen molar-refractivity contribution >= 4 is 0 Å². The average Bonchev–Trinajstić information content (AvgIpc) is 2.17. The summed E-state index contributed by atoms with van der Waals surface area (Å²) >= 11 is 0. The van der Waals surface area contributed by atoms with Crippen molar-refractivity contribution in [1.82, 2.24) is 4.90 Å². The van der Waals surface area contributed by atoms with Gasteiger partial charge in [-0.05, 0) is 19.5 Å². The third-order valence-electron chi connectivity index (χ3n) is 2.62. The molecule has 0 N–H and O–H groups in total. The van der Waals surface area contributed by atoms with Gasteiger partial charge in [0.2, 0.25) is 0 Å². The summed E-state index contributed by atoms with van der Waals surface area (Å²) in [6, 6.07) is 0.187. The van der Waals surface area contributed by atoms with Crippen molar-refractivity contribution in [3.8, 4) is 0 Å². The van der Waals surface area contributed by atoms with Crippen LogP contribution in [-0.4, -0.2) is 36.1 Å². The van der Waals surface area contributed by atoms with Crippen LogP contribution in [-0.2, 0) is 4.74 Å². The van der Waals surface area contributed by atoms with Gasteiger partial charge in [0.15, 0.2) is 0 Å². The molecule has 5 heteroatoms. The van der Waals surface area contributed by atoms with E-state index in [1.807, 2.05) is 7.05 Å². The molecule has 0 radical (unpaired) electrons. The van der Waals surface area contributed by atoms with Crippen LogP contribution < -0.4 is 0 Å². The second-order valence-corrected chi connectivity index (χ2v) is 3.51. The van der Waals surface area contributed by atoms with Crippen LogP contribution in [0.25, 0.3) is 0 Å². The predicted octanol–water partition coefficient (Wildman–Crippen LogP) is 0.765. The van der Waals surface area contributed by atoms with Gasteiger partial charge in [-0.25, -0.2) is 0 Å². The molecule has 5 nitrogen and oxygen atoms in total. The van der Waals surface area contributed by atoms with Crippen molar-refractivity contribution in [1.29, 1.82) is 0 Å². The van der Waals surface area contributed by atoms with Crippen molar-refractivity contribution in [2.45, 2.75) is 12.5 Å². The summed E-state index contributed by atoms with van der Waals surface area (Å²) in [4.78, 5) is 12.3. The first-order valence-electron chi connectivity index (χ1n) is 4.57. The van der Waals surface area contributed by atoms with Gasteiger partial charge < -0.3 is 4.74 Å². The number of rotatable bonds is 1. The van der Waals surface area contributed by atoms with Crippen molar-refractivity contribution in [2.24, 2.45) is 0 Å². The van der Waals surface area contributed by atoms with E-state index in [-0.39, 0.29) is 16.7 Å². The highest BCUT2D eigenvalue weighted by Gasteiger charge is 2.29. The molecule has 0 saturated carbocycles. The van der Waals surface area contributed by atoms with E-state index in [1.165, 1.54) is 6.08 Å². The molecule has 0 spiro atoms. The maximum atomic E-state index is 10.5. The van der Waals surface area contributed by atoms with Crippen LogP contribution in [0.2, 0.25) is 0 Å². The summed E-state index contributed by atoms with van der Waals surface area (Å²) in [7, 11) is 2.01. The van der Waals surface area contributed by atoms with Gasteiger partial charge in [-0.15, -0.1) is 0 Å². The average molecular weight is 196 g/mol. The number of ether oxygens (including phenoxy) is 1. The molecule has 1 heterocycles. The number of fused-ring (bicyclic) bond motifs is 1. The number of allylic oxidation sites excluding steroid dienone is 1. The van der Waals surface area contributed by atoms with Crippen LogP contribution >= 0.6 is 0 Å². The summed E-state index contributed by atoms with van der Waals surface area (Å²) in [5.74, 6) is 0.730. The van der Waals surface area contributed by atoms with E-state index in [0.717, 1.165) is 12.3 Å². The minimum atomic E-state index is -0.374. The number of hydrogen-bond acceptors (Lipinski definition) is 4. The highest BCUT2D eigenvalue weighted by Crippen LogP contribution is 2.25. The smallest absolute Gasteiger partial charge is 0.268 e. The lowest BCUT2D eigenvalue weighted by atomic mass is 10.0. The molecule has 1 aliphatic heterocycles. The predicted molar refractivity (Wildman–Crippen MR) is 50.1 cm³/mol. The first kappa shape index (κ1) is 9.21. The van der Waals surface area contributed by atoms with Crippen molar-refractivity contribution in [2.75, 3.05) is 20.2 Å². The molecule has 0 aromatic rings. The van der Waals surface area contributed by atoms with Crippen LogP contribution in [0, 0.1) is 10.1 Å². The zero-order chi connectivity index (χ0) is 10.1. The first-order valence-corrected chi connectivity index (χ1v) is 4.57. The van der Waals surface area contributed by atoms with Gasteiger partial charge in [0, 0.05) is 6.54 Å². The van der Waals surface area contributed by atoms with Crippen molar-refractivity contribution < 1.29 is 9.66 Å². The fraction of sp³-hybridized carbons (Fsp3) is 0.556. The summed E-state index contributed by atoms with van der Waals surface area (Å²) in [6.07, 6.45) is 3.85.